The van der Waals surface area contributed by atoms with Gasteiger partial charge < -0.3 is 5.11 Å². The molecule has 0 aromatic rings. The molecule has 0 aromatic carbocycles. The van der Waals surface area contributed by atoms with Crippen molar-refractivity contribution < 1.29 is 5.11 Å². The Morgan fingerprint density at radius 3 is 2.00 bits per heavy atom. The zero-order valence-corrected chi connectivity index (χ0v) is 3.57. The summed E-state index contributed by atoms with van der Waals surface area (Å²) in [5.74, 6) is 0. The van der Waals surface area contributed by atoms with Crippen LogP contribution in [0.15, 0.2) is 0 Å². The number of aliphatic hydroxyl groups excluding tert-OH is 1. The second-order valence-corrected chi connectivity index (χ2v) is 1.08. The summed E-state index contributed by atoms with van der Waals surface area (Å²) < 4.78 is 0. The molecule has 0 amide bonds. The van der Waals surface area contributed by atoms with Crippen LogP contribution >= 0.6 is 0 Å². The van der Waals surface area contributed by atoms with Crippen molar-refractivity contribution in [3.05, 3.63) is 0 Å². The van der Waals surface area contributed by atoms with E-state index in [1.165, 1.54) is 0 Å². The minimum absolute atomic E-state index is 0. The third kappa shape index (κ3) is 8.83. The Labute approximate surface area is 55.7 Å². The van der Waals surface area contributed by atoms with Crippen molar-refractivity contribution in [2.24, 2.45) is 0 Å². The van der Waals surface area contributed by atoms with Crippen LogP contribution in [0, 0.1) is 0 Å². The van der Waals surface area contributed by atoms with Crippen LogP contribution in [0.5, 0.6) is 0 Å². The van der Waals surface area contributed by atoms with Crippen molar-refractivity contribution in [3.8, 4) is 0 Å². The van der Waals surface area contributed by atoms with E-state index in [9.17, 15) is 0 Å². The van der Waals surface area contributed by atoms with Crippen molar-refractivity contribution in [1.29, 1.82) is 0 Å². The summed E-state index contributed by atoms with van der Waals surface area (Å²) in [5, 5.41) is 8.07. The van der Waals surface area contributed by atoms with Gasteiger partial charge in [0.05, 0.1) is 0 Å². The number of hydrogen-bond acceptors (Lipinski definition) is 1. The van der Waals surface area contributed by atoms with Crippen LogP contribution in [-0.2, 0) is 0 Å². The fraction of sp³-hybridized carbons (Fsp3) is 1.00. The first-order chi connectivity index (χ1) is 2.41. The van der Waals surface area contributed by atoms with Gasteiger partial charge in [0.15, 0.2) is 0 Å². The molecule has 0 aromatic heterocycles. The van der Waals surface area contributed by atoms with Crippen molar-refractivity contribution in [3.63, 3.8) is 0 Å². The Morgan fingerprint density at radius 1 is 1.50 bits per heavy atom. The molecule has 1 nitrogen and oxygen atoms in total. The number of aliphatic hydroxyl groups is 1. The molecule has 1 N–H and O–H groups in total. The molecule has 6 heavy (non-hydrogen) atoms. The second-order valence-electron chi connectivity index (χ2n) is 1.08. The second kappa shape index (κ2) is 9.23. The van der Waals surface area contributed by atoms with E-state index < -0.39 is 0 Å². The topological polar surface area (TPSA) is 20.2 Å². The van der Waals surface area contributed by atoms with Crippen LogP contribution in [0.4, 0.5) is 0 Å². The molecule has 0 unspecified atom stereocenters. The van der Waals surface area contributed by atoms with Crippen molar-refractivity contribution in [1.82, 2.24) is 0 Å². The van der Waals surface area contributed by atoms with E-state index in [0.717, 1.165) is 12.8 Å². The van der Waals surface area contributed by atoms with E-state index >= 15 is 0 Å². The molecule has 0 atom stereocenters. The van der Waals surface area contributed by atoms with Gasteiger partial charge in [0.1, 0.15) is 0 Å². The summed E-state index contributed by atoms with van der Waals surface area (Å²) in [4.78, 5) is 0. The molecule has 0 radical (unpaired) electrons. The molecular formula is C4H14OSn. The van der Waals surface area contributed by atoms with Gasteiger partial charge in [0.2, 0.25) is 0 Å². The van der Waals surface area contributed by atoms with Gasteiger partial charge in [0.25, 0.3) is 0 Å². The molecule has 0 bridgehead atoms. The molecule has 0 aliphatic rings. The summed E-state index contributed by atoms with van der Waals surface area (Å²) in [6.07, 6.45) is 2.04. The van der Waals surface area contributed by atoms with Gasteiger partial charge in [-0.2, -0.15) is 0 Å². The summed E-state index contributed by atoms with van der Waals surface area (Å²) in [6, 6.07) is 0. The van der Waals surface area contributed by atoms with Gasteiger partial charge in [-0.05, 0) is 6.42 Å². The summed E-state index contributed by atoms with van der Waals surface area (Å²) in [5.41, 5.74) is 0. The average Bonchev–Trinajstić information content (AvgIpc) is 1.41. The van der Waals surface area contributed by atoms with Crippen molar-refractivity contribution in [2.75, 3.05) is 6.61 Å². The zero-order valence-electron chi connectivity index (χ0n) is 3.57. The Kier molecular flexibility index (Phi) is 15.2. The number of unbranched alkanes of at least 4 members (excludes halogenated alkanes) is 1. The fourth-order valence-electron chi connectivity index (χ4n) is 0.158. The predicted octanol–water partition coefficient (Wildman–Crippen LogP) is -0.673. The third-order valence-corrected chi connectivity index (χ3v) is 0.512. The molecule has 0 spiro atoms. The first-order valence-corrected chi connectivity index (χ1v) is 2.02. The van der Waals surface area contributed by atoms with Crippen LogP contribution < -0.4 is 0 Å². The standard InChI is InChI=1S/C4H10O.Sn.4H/c1-2-3-4-5;;;;;/h5H,2-4H2,1H3;;;;;. The van der Waals surface area contributed by atoms with E-state index in [0.29, 0.717) is 6.61 Å². The van der Waals surface area contributed by atoms with E-state index in [1.54, 1.807) is 0 Å². The molecule has 0 heterocycles. The SMILES string of the molecule is CCCCO.[SnH4]. The molecule has 2 heteroatoms. The molecule has 0 saturated heterocycles. The molecular weight excluding hydrogens is 183 g/mol. The number of rotatable bonds is 2. The van der Waals surface area contributed by atoms with Gasteiger partial charge in [-0.1, -0.05) is 13.3 Å². The van der Waals surface area contributed by atoms with Crippen LogP contribution in [0.3, 0.4) is 0 Å². The molecule has 0 saturated carbocycles. The zero-order chi connectivity index (χ0) is 4.12. The van der Waals surface area contributed by atoms with Crippen molar-refractivity contribution in [2.45, 2.75) is 19.8 Å². The molecule has 0 fully saturated rings. The number of hydrogen-bond donors (Lipinski definition) is 1. The van der Waals surface area contributed by atoms with Crippen LogP contribution in [0.25, 0.3) is 0 Å². The van der Waals surface area contributed by atoms with Crippen LogP contribution in [0.1, 0.15) is 19.8 Å². The van der Waals surface area contributed by atoms with Crippen LogP contribution in [0.2, 0.25) is 0 Å². The third-order valence-electron chi connectivity index (χ3n) is 0.512. The van der Waals surface area contributed by atoms with Gasteiger partial charge >= 0.3 is 23.9 Å². The summed E-state index contributed by atoms with van der Waals surface area (Å²) in [6.45, 7) is 2.40. The Bertz CT molecular complexity index is 15.0. The van der Waals surface area contributed by atoms with Gasteiger partial charge in [0, 0.05) is 6.61 Å². The van der Waals surface area contributed by atoms with Gasteiger partial charge in [-0.3, -0.25) is 0 Å². The first-order valence-electron chi connectivity index (χ1n) is 2.02. The molecule has 0 aliphatic heterocycles. The average molecular weight is 197 g/mol. The van der Waals surface area contributed by atoms with E-state index in [1.807, 2.05) is 0 Å². The maximum atomic E-state index is 8.07. The Hall–Kier alpha value is 0.759. The van der Waals surface area contributed by atoms with E-state index in [4.69, 9.17) is 5.11 Å². The quantitative estimate of drug-likeness (QED) is 0.581. The predicted molar refractivity (Wildman–Crippen MR) is 33.3 cm³/mol. The monoisotopic (exact) mass is 198 g/mol. The minimum atomic E-state index is 0. The summed E-state index contributed by atoms with van der Waals surface area (Å²) in [7, 11) is 0. The Balaban J connectivity index is 0. The van der Waals surface area contributed by atoms with E-state index in [2.05, 4.69) is 6.92 Å². The van der Waals surface area contributed by atoms with Crippen molar-refractivity contribution >= 4 is 23.9 Å². The first kappa shape index (κ1) is 9.90. The van der Waals surface area contributed by atoms with Gasteiger partial charge in [-0.15, -0.1) is 0 Å². The van der Waals surface area contributed by atoms with Crippen LogP contribution in [-0.4, -0.2) is 35.6 Å². The maximum absolute atomic E-state index is 8.07. The normalized spacial score (nSPS) is 7.00. The van der Waals surface area contributed by atoms with Gasteiger partial charge in [-0.25, -0.2) is 0 Å². The molecule has 0 rings (SSSR count). The Morgan fingerprint density at radius 2 is 2.00 bits per heavy atom. The molecule has 40 valence electrons. The summed E-state index contributed by atoms with van der Waals surface area (Å²) >= 11 is 0. The fourth-order valence-corrected chi connectivity index (χ4v) is 0.158. The molecule has 0 aliphatic carbocycles. The van der Waals surface area contributed by atoms with E-state index in [-0.39, 0.29) is 23.9 Å².